The first-order valence-corrected chi connectivity index (χ1v) is 10.3. The van der Waals surface area contributed by atoms with Crippen molar-refractivity contribution >= 4 is 29.9 Å². The van der Waals surface area contributed by atoms with Crippen molar-refractivity contribution in [3.05, 3.63) is 0 Å². The minimum atomic E-state index is 0. The molecule has 7 heteroatoms. The first-order chi connectivity index (χ1) is 12.3. The number of morpholine rings is 1. The van der Waals surface area contributed by atoms with Crippen molar-refractivity contribution in [3.8, 4) is 0 Å². The van der Waals surface area contributed by atoms with E-state index < -0.39 is 0 Å². The van der Waals surface area contributed by atoms with Crippen LogP contribution in [0.2, 0.25) is 0 Å². The summed E-state index contributed by atoms with van der Waals surface area (Å²) in [5.41, 5.74) is 0. The Morgan fingerprint density at radius 1 is 1.08 bits per heavy atom. The molecule has 26 heavy (non-hydrogen) atoms. The van der Waals surface area contributed by atoms with E-state index in [2.05, 4.69) is 29.0 Å². The second-order valence-electron chi connectivity index (χ2n) is 7.52. The van der Waals surface area contributed by atoms with Gasteiger partial charge in [-0.05, 0) is 46.1 Å². The highest BCUT2D eigenvalue weighted by atomic mass is 127. The molecule has 0 spiro atoms. The molecule has 3 aliphatic rings. The zero-order valence-electron chi connectivity index (χ0n) is 16.5. The molecule has 0 amide bonds. The average Bonchev–Trinajstić information content (AvgIpc) is 3.17. The maximum Gasteiger partial charge on any atom is 0.194 e. The van der Waals surface area contributed by atoms with Crippen LogP contribution in [0, 0.1) is 0 Å². The summed E-state index contributed by atoms with van der Waals surface area (Å²) >= 11 is 0. The first kappa shape index (κ1) is 22.2. The Bertz CT molecular complexity index is 432. The summed E-state index contributed by atoms with van der Waals surface area (Å²) in [5.74, 6) is 1.04. The van der Waals surface area contributed by atoms with Gasteiger partial charge in [0, 0.05) is 38.8 Å². The van der Waals surface area contributed by atoms with Crippen molar-refractivity contribution in [1.29, 1.82) is 0 Å². The van der Waals surface area contributed by atoms with Crippen molar-refractivity contribution in [2.24, 2.45) is 4.99 Å². The molecule has 3 saturated heterocycles. The van der Waals surface area contributed by atoms with E-state index in [-0.39, 0.29) is 36.2 Å². The Morgan fingerprint density at radius 2 is 1.92 bits per heavy atom. The Labute approximate surface area is 176 Å². The summed E-state index contributed by atoms with van der Waals surface area (Å²) < 4.78 is 11.8. The van der Waals surface area contributed by atoms with Gasteiger partial charge in [0.15, 0.2) is 5.96 Å². The van der Waals surface area contributed by atoms with Gasteiger partial charge in [-0.15, -0.1) is 24.0 Å². The topological polar surface area (TPSA) is 49.3 Å². The molecule has 0 bridgehead atoms. The van der Waals surface area contributed by atoms with Crippen molar-refractivity contribution in [2.45, 2.75) is 64.2 Å². The minimum absolute atomic E-state index is 0. The molecule has 0 aromatic heterocycles. The number of nitrogens with one attached hydrogen (secondary N) is 1. The Hall–Kier alpha value is -0.120. The number of nitrogens with zero attached hydrogens (tertiary/aromatic N) is 3. The van der Waals surface area contributed by atoms with Gasteiger partial charge >= 0.3 is 0 Å². The molecule has 3 aliphatic heterocycles. The lowest BCUT2D eigenvalue weighted by Gasteiger charge is -2.37. The van der Waals surface area contributed by atoms with Gasteiger partial charge < -0.3 is 19.7 Å². The van der Waals surface area contributed by atoms with E-state index >= 15 is 0 Å². The molecule has 152 valence electrons. The second kappa shape index (κ2) is 11.7. The Balaban J connectivity index is 0.00000243. The lowest BCUT2D eigenvalue weighted by Crippen LogP contribution is -2.53. The molecule has 0 aliphatic carbocycles. The van der Waals surface area contributed by atoms with E-state index in [1.165, 1.54) is 25.8 Å². The molecule has 6 nitrogen and oxygen atoms in total. The molecule has 0 saturated carbocycles. The zero-order chi connectivity index (χ0) is 17.5. The van der Waals surface area contributed by atoms with Gasteiger partial charge in [0.1, 0.15) is 6.10 Å². The Kier molecular flexibility index (Phi) is 9.94. The molecule has 3 heterocycles. The number of halogens is 1. The van der Waals surface area contributed by atoms with E-state index in [1.807, 2.05) is 0 Å². The lowest BCUT2D eigenvalue weighted by molar-refractivity contribution is -0.0817. The Morgan fingerprint density at radius 3 is 2.65 bits per heavy atom. The number of likely N-dealkylation sites (tertiary alicyclic amines) is 1. The van der Waals surface area contributed by atoms with Crippen LogP contribution in [0.25, 0.3) is 0 Å². The molecule has 0 aromatic carbocycles. The third-order valence-corrected chi connectivity index (χ3v) is 5.70. The zero-order valence-corrected chi connectivity index (χ0v) is 18.8. The number of hydrogen-bond donors (Lipinski definition) is 1. The summed E-state index contributed by atoms with van der Waals surface area (Å²) in [5, 5.41) is 3.47. The van der Waals surface area contributed by atoms with Gasteiger partial charge in [0.2, 0.25) is 0 Å². The summed E-state index contributed by atoms with van der Waals surface area (Å²) in [6.45, 7) is 12.0. The molecule has 1 N–H and O–H groups in total. The van der Waals surface area contributed by atoms with Crippen LogP contribution in [0.5, 0.6) is 0 Å². The summed E-state index contributed by atoms with van der Waals surface area (Å²) in [6, 6.07) is 0.707. The minimum Gasteiger partial charge on any atom is -0.375 e. The summed E-state index contributed by atoms with van der Waals surface area (Å²) in [4.78, 5) is 9.87. The molecule has 3 rings (SSSR count). The maximum atomic E-state index is 5.98. The normalized spacial score (nSPS) is 30.9. The van der Waals surface area contributed by atoms with Gasteiger partial charge in [-0.2, -0.15) is 0 Å². The first-order valence-electron chi connectivity index (χ1n) is 10.3. The molecule has 3 unspecified atom stereocenters. The number of piperidine rings is 1. The largest absolute Gasteiger partial charge is 0.375 e. The van der Waals surface area contributed by atoms with Crippen LogP contribution in [0.1, 0.15) is 46.0 Å². The van der Waals surface area contributed by atoms with Crippen molar-refractivity contribution in [3.63, 3.8) is 0 Å². The predicted molar refractivity (Wildman–Crippen MR) is 117 cm³/mol. The van der Waals surface area contributed by atoms with Crippen LogP contribution in [0.3, 0.4) is 0 Å². The molecular weight excluding hydrogens is 443 g/mol. The highest BCUT2D eigenvalue weighted by molar-refractivity contribution is 14.0. The molecule has 3 atom stereocenters. The SMILES string of the molecule is CCNC(=NCCN1CCCCC1C)N1CCOC(C2CCCO2)C1.I. The second-order valence-corrected chi connectivity index (χ2v) is 7.52. The number of hydrogen-bond acceptors (Lipinski definition) is 4. The van der Waals surface area contributed by atoms with Crippen LogP contribution >= 0.6 is 24.0 Å². The van der Waals surface area contributed by atoms with Gasteiger partial charge in [-0.25, -0.2) is 0 Å². The number of rotatable bonds is 5. The maximum absolute atomic E-state index is 5.98. The highest BCUT2D eigenvalue weighted by Gasteiger charge is 2.32. The molecule has 0 radical (unpaired) electrons. The highest BCUT2D eigenvalue weighted by Crippen LogP contribution is 2.21. The van der Waals surface area contributed by atoms with Crippen molar-refractivity contribution in [2.75, 3.05) is 52.5 Å². The van der Waals surface area contributed by atoms with Gasteiger partial charge in [-0.3, -0.25) is 9.89 Å². The van der Waals surface area contributed by atoms with Gasteiger partial charge in [-0.1, -0.05) is 6.42 Å². The molecule has 3 fully saturated rings. The van der Waals surface area contributed by atoms with E-state index in [4.69, 9.17) is 14.5 Å². The molecular formula is C19H37IN4O2. The van der Waals surface area contributed by atoms with Crippen LogP contribution in [-0.4, -0.2) is 86.5 Å². The van der Waals surface area contributed by atoms with Crippen molar-refractivity contribution < 1.29 is 9.47 Å². The monoisotopic (exact) mass is 480 g/mol. The van der Waals surface area contributed by atoms with Gasteiger partial charge in [0.05, 0.1) is 19.3 Å². The van der Waals surface area contributed by atoms with Crippen LogP contribution in [0.4, 0.5) is 0 Å². The average molecular weight is 480 g/mol. The number of ether oxygens (including phenoxy) is 2. The lowest BCUT2D eigenvalue weighted by atomic mass is 10.0. The predicted octanol–water partition coefficient (Wildman–Crippen LogP) is 2.32. The fraction of sp³-hybridized carbons (Fsp3) is 0.947. The van der Waals surface area contributed by atoms with E-state index in [1.54, 1.807) is 0 Å². The van der Waals surface area contributed by atoms with Gasteiger partial charge in [0.25, 0.3) is 0 Å². The van der Waals surface area contributed by atoms with E-state index in [0.29, 0.717) is 6.04 Å². The van der Waals surface area contributed by atoms with Crippen LogP contribution in [0.15, 0.2) is 4.99 Å². The number of guanidine groups is 1. The van der Waals surface area contributed by atoms with E-state index in [0.717, 1.165) is 64.7 Å². The third kappa shape index (κ3) is 6.21. The van der Waals surface area contributed by atoms with Crippen LogP contribution in [-0.2, 0) is 9.47 Å². The third-order valence-electron chi connectivity index (χ3n) is 5.70. The van der Waals surface area contributed by atoms with Crippen LogP contribution < -0.4 is 5.32 Å². The molecule has 0 aromatic rings. The summed E-state index contributed by atoms with van der Waals surface area (Å²) in [7, 11) is 0. The fourth-order valence-electron chi connectivity index (χ4n) is 4.19. The number of aliphatic imine (C=N–C) groups is 1. The smallest absolute Gasteiger partial charge is 0.194 e. The quantitative estimate of drug-likeness (QED) is 0.372. The summed E-state index contributed by atoms with van der Waals surface area (Å²) in [6.07, 6.45) is 6.77. The standard InChI is InChI=1S/C19H36N4O2.HI/c1-3-20-19(21-9-11-22-10-5-4-7-16(22)2)23-12-14-25-18(15-23)17-8-6-13-24-17;/h16-18H,3-15H2,1-2H3,(H,20,21);1H. The van der Waals surface area contributed by atoms with Crippen molar-refractivity contribution in [1.82, 2.24) is 15.1 Å². The van der Waals surface area contributed by atoms with E-state index in [9.17, 15) is 0 Å². The fourth-order valence-corrected chi connectivity index (χ4v) is 4.19.